The SMILES string of the molecule is CC(=O)N1CCC(C(=O)c2ccc(-c3cccc(C#N)c3)cc2)CC1. The molecule has 2 aromatic rings. The standard InChI is InChI=1S/C21H20N2O2/c1-15(24)23-11-9-19(10-12-23)21(25)18-7-5-17(6-8-18)20-4-2-3-16(13-20)14-22/h2-8,13,19H,9-12H2,1H3. The summed E-state index contributed by atoms with van der Waals surface area (Å²) in [5, 5.41) is 9.00. The third-order valence-corrected chi connectivity index (χ3v) is 4.81. The van der Waals surface area contributed by atoms with E-state index in [4.69, 9.17) is 5.26 Å². The highest BCUT2D eigenvalue weighted by atomic mass is 16.2. The molecule has 0 radical (unpaired) electrons. The van der Waals surface area contributed by atoms with Crippen LogP contribution in [0.3, 0.4) is 0 Å². The van der Waals surface area contributed by atoms with E-state index in [1.54, 1.807) is 17.9 Å². The Labute approximate surface area is 147 Å². The molecule has 1 amide bonds. The number of hydrogen-bond donors (Lipinski definition) is 0. The Morgan fingerprint density at radius 2 is 1.72 bits per heavy atom. The van der Waals surface area contributed by atoms with Crippen LogP contribution in [0.15, 0.2) is 48.5 Å². The van der Waals surface area contributed by atoms with Crippen molar-refractivity contribution in [1.82, 2.24) is 4.90 Å². The van der Waals surface area contributed by atoms with Crippen LogP contribution in [0.5, 0.6) is 0 Å². The lowest BCUT2D eigenvalue weighted by atomic mass is 9.88. The molecule has 1 fully saturated rings. The fourth-order valence-corrected chi connectivity index (χ4v) is 3.29. The van der Waals surface area contributed by atoms with Crippen molar-refractivity contribution >= 4 is 11.7 Å². The molecule has 4 nitrogen and oxygen atoms in total. The quantitative estimate of drug-likeness (QED) is 0.806. The molecule has 1 aliphatic rings. The minimum absolute atomic E-state index is 0.0108. The van der Waals surface area contributed by atoms with Crippen LogP contribution in [0.1, 0.15) is 35.7 Å². The van der Waals surface area contributed by atoms with Gasteiger partial charge in [0, 0.05) is 31.5 Å². The maximum Gasteiger partial charge on any atom is 0.219 e. The molecule has 0 saturated carbocycles. The molecule has 0 atom stereocenters. The molecule has 0 aromatic heterocycles. The molecule has 0 aliphatic carbocycles. The van der Waals surface area contributed by atoms with Crippen LogP contribution >= 0.6 is 0 Å². The third-order valence-electron chi connectivity index (χ3n) is 4.81. The number of ketones is 1. The van der Waals surface area contributed by atoms with Crippen molar-refractivity contribution < 1.29 is 9.59 Å². The highest BCUT2D eigenvalue weighted by molar-refractivity contribution is 5.98. The summed E-state index contributed by atoms with van der Waals surface area (Å²) in [6.45, 7) is 2.89. The average molecular weight is 332 g/mol. The van der Waals surface area contributed by atoms with Crippen molar-refractivity contribution in [2.75, 3.05) is 13.1 Å². The van der Waals surface area contributed by atoms with Gasteiger partial charge in [-0.25, -0.2) is 0 Å². The number of likely N-dealkylation sites (tertiary alicyclic amines) is 1. The second-order valence-electron chi connectivity index (χ2n) is 6.41. The summed E-state index contributed by atoms with van der Waals surface area (Å²) < 4.78 is 0. The van der Waals surface area contributed by atoms with E-state index < -0.39 is 0 Å². The molecular weight excluding hydrogens is 312 g/mol. The molecule has 0 N–H and O–H groups in total. The Kier molecular flexibility index (Phi) is 4.95. The van der Waals surface area contributed by atoms with Crippen molar-refractivity contribution in [3.63, 3.8) is 0 Å². The van der Waals surface area contributed by atoms with Gasteiger partial charge in [0.25, 0.3) is 0 Å². The Morgan fingerprint density at radius 1 is 1.04 bits per heavy atom. The van der Waals surface area contributed by atoms with Gasteiger partial charge < -0.3 is 4.90 Å². The number of nitriles is 1. The van der Waals surface area contributed by atoms with Gasteiger partial charge in [-0.3, -0.25) is 9.59 Å². The van der Waals surface area contributed by atoms with E-state index >= 15 is 0 Å². The van der Waals surface area contributed by atoms with E-state index in [-0.39, 0.29) is 17.6 Å². The first-order valence-corrected chi connectivity index (χ1v) is 8.49. The minimum atomic E-state index is -0.0108. The zero-order valence-electron chi connectivity index (χ0n) is 14.2. The van der Waals surface area contributed by atoms with Crippen molar-refractivity contribution in [1.29, 1.82) is 5.26 Å². The molecule has 1 aliphatic heterocycles. The molecular formula is C21H20N2O2. The number of nitrogens with zero attached hydrogens (tertiary/aromatic N) is 2. The summed E-state index contributed by atoms with van der Waals surface area (Å²) in [6, 6.07) is 17.1. The normalized spacial score (nSPS) is 14.8. The summed E-state index contributed by atoms with van der Waals surface area (Å²) in [5.74, 6) is 0.221. The molecule has 126 valence electrons. The van der Waals surface area contributed by atoms with Crippen LogP contribution in [0, 0.1) is 17.2 Å². The van der Waals surface area contributed by atoms with Gasteiger partial charge in [-0.15, -0.1) is 0 Å². The zero-order chi connectivity index (χ0) is 17.8. The number of amides is 1. The van der Waals surface area contributed by atoms with Crippen LogP contribution in [0.2, 0.25) is 0 Å². The van der Waals surface area contributed by atoms with Crippen molar-refractivity contribution in [2.45, 2.75) is 19.8 Å². The van der Waals surface area contributed by atoms with Crippen LogP contribution in [-0.2, 0) is 4.79 Å². The van der Waals surface area contributed by atoms with Gasteiger partial charge >= 0.3 is 0 Å². The van der Waals surface area contributed by atoms with E-state index in [2.05, 4.69) is 6.07 Å². The minimum Gasteiger partial charge on any atom is -0.343 e. The number of carbonyl (C=O) groups excluding carboxylic acids is 2. The van der Waals surface area contributed by atoms with Crippen LogP contribution in [-0.4, -0.2) is 29.7 Å². The molecule has 25 heavy (non-hydrogen) atoms. The second kappa shape index (κ2) is 7.31. The maximum absolute atomic E-state index is 12.7. The molecule has 2 aromatic carbocycles. The molecule has 1 saturated heterocycles. The predicted octanol–water partition coefficient (Wildman–Crippen LogP) is 3.67. The van der Waals surface area contributed by atoms with Gasteiger partial charge in [0.05, 0.1) is 11.6 Å². The van der Waals surface area contributed by atoms with Gasteiger partial charge in [0.2, 0.25) is 5.91 Å². The lowest BCUT2D eigenvalue weighted by Gasteiger charge is -2.30. The van der Waals surface area contributed by atoms with E-state index in [0.717, 1.165) is 24.0 Å². The monoisotopic (exact) mass is 332 g/mol. The predicted molar refractivity (Wildman–Crippen MR) is 95.9 cm³/mol. The number of carbonyl (C=O) groups is 2. The highest BCUT2D eigenvalue weighted by Crippen LogP contribution is 2.25. The molecule has 0 spiro atoms. The van der Waals surface area contributed by atoms with Crippen molar-refractivity contribution in [2.24, 2.45) is 5.92 Å². The fourth-order valence-electron chi connectivity index (χ4n) is 3.29. The third kappa shape index (κ3) is 3.77. The Morgan fingerprint density at radius 3 is 2.32 bits per heavy atom. The van der Waals surface area contributed by atoms with Crippen molar-refractivity contribution in [3.05, 3.63) is 59.7 Å². The van der Waals surface area contributed by atoms with Crippen LogP contribution < -0.4 is 0 Å². The van der Waals surface area contributed by atoms with Crippen LogP contribution in [0.25, 0.3) is 11.1 Å². The molecule has 0 bridgehead atoms. The Bertz CT molecular complexity index is 826. The fraction of sp³-hybridized carbons (Fsp3) is 0.286. The molecule has 1 heterocycles. The Hall–Kier alpha value is -2.93. The lowest BCUT2D eigenvalue weighted by molar-refractivity contribution is -0.130. The van der Waals surface area contributed by atoms with Gasteiger partial charge in [-0.1, -0.05) is 36.4 Å². The first kappa shape index (κ1) is 16.9. The number of rotatable bonds is 3. The number of hydrogen-bond acceptors (Lipinski definition) is 3. The van der Waals surface area contributed by atoms with Crippen molar-refractivity contribution in [3.8, 4) is 17.2 Å². The average Bonchev–Trinajstić information content (AvgIpc) is 2.67. The summed E-state index contributed by atoms with van der Waals surface area (Å²) in [7, 11) is 0. The number of Topliss-reactive ketones (excluding diaryl/α,β-unsaturated/α-hetero) is 1. The van der Waals surface area contributed by atoms with E-state index in [9.17, 15) is 9.59 Å². The molecule has 0 unspecified atom stereocenters. The van der Waals surface area contributed by atoms with Gasteiger partial charge in [0.15, 0.2) is 5.78 Å². The number of piperidine rings is 1. The smallest absolute Gasteiger partial charge is 0.219 e. The van der Waals surface area contributed by atoms with E-state index in [1.165, 1.54) is 0 Å². The van der Waals surface area contributed by atoms with Crippen LogP contribution in [0.4, 0.5) is 0 Å². The van der Waals surface area contributed by atoms with Gasteiger partial charge in [0.1, 0.15) is 0 Å². The first-order valence-electron chi connectivity index (χ1n) is 8.49. The summed E-state index contributed by atoms with van der Waals surface area (Å²) in [6.07, 6.45) is 1.45. The molecule has 4 heteroatoms. The zero-order valence-corrected chi connectivity index (χ0v) is 14.2. The maximum atomic E-state index is 12.7. The summed E-state index contributed by atoms with van der Waals surface area (Å²) >= 11 is 0. The highest BCUT2D eigenvalue weighted by Gasteiger charge is 2.26. The van der Waals surface area contributed by atoms with E-state index in [0.29, 0.717) is 24.2 Å². The first-order chi connectivity index (χ1) is 12.1. The largest absolute Gasteiger partial charge is 0.343 e. The Balaban J connectivity index is 1.71. The van der Waals surface area contributed by atoms with Gasteiger partial charge in [-0.2, -0.15) is 5.26 Å². The van der Waals surface area contributed by atoms with Gasteiger partial charge in [-0.05, 0) is 36.1 Å². The second-order valence-corrected chi connectivity index (χ2v) is 6.41. The van der Waals surface area contributed by atoms with E-state index in [1.807, 2.05) is 42.5 Å². The number of benzene rings is 2. The lowest BCUT2D eigenvalue weighted by Crippen LogP contribution is -2.39. The molecule has 3 rings (SSSR count). The summed E-state index contributed by atoms with van der Waals surface area (Å²) in [4.78, 5) is 25.9. The summed E-state index contributed by atoms with van der Waals surface area (Å²) in [5.41, 5.74) is 3.28. The topological polar surface area (TPSA) is 61.2 Å².